The van der Waals surface area contributed by atoms with Crippen LogP contribution in [0.3, 0.4) is 0 Å². The molecule has 2 heterocycles. The molecule has 0 fully saturated rings. The van der Waals surface area contributed by atoms with E-state index >= 15 is 0 Å². The standard InChI is InChI=1S/C12H18N6O/c1-4-18-9(7-8(2)17-18)10(16-13)11-12(19-3)15-6-5-14-11/h5-7,10,16H,4,13H2,1-3H3. The van der Waals surface area contributed by atoms with Gasteiger partial charge in [0.25, 0.3) is 0 Å². The molecule has 7 heteroatoms. The highest BCUT2D eigenvalue weighted by Crippen LogP contribution is 2.26. The molecule has 1 unspecified atom stereocenters. The van der Waals surface area contributed by atoms with Crippen LogP contribution in [0.15, 0.2) is 18.5 Å². The first-order valence-electron chi connectivity index (χ1n) is 6.06. The first kappa shape index (κ1) is 13.4. The number of hydrazine groups is 1. The summed E-state index contributed by atoms with van der Waals surface area (Å²) in [6.45, 7) is 4.72. The summed E-state index contributed by atoms with van der Waals surface area (Å²) in [5.74, 6) is 6.13. The van der Waals surface area contributed by atoms with Crippen LogP contribution < -0.4 is 16.0 Å². The number of aromatic nitrogens is 4. The molecule has 0 amide bonds. The molecule has 0 spiro atoms. The van der Waals surface area contributed by atoms with E-state index in [1.807, 2.05) is 24.6 Å². The molecule has 0 radical (unpaired) electrons. The van der Waals surface area contributed by atoms with Gasteiger partial charge in [-0.05, 0) is 19.9 Å². The van der Waals surface area contributed by atoms with Gasteiger partial charge in [0.15, 0.2) is 0 Å². The molecule has 2 rings (SSSR count). The number of hydrogen-bond acceptors (Lipinski definition) is 6. The van der Waals surface area contributed by atoms with Crippen molar-refractivity contribution in [2.75, 3.05) is 7.11 Å². The van der Waals surface area contributed by atoms with Gasteiger partial charge in [0, 0.05) is 18.9 Å². The molecule has 0 saturated heterocycles. The van der Waals surface area contributed by atoms with Crippen LogP contribution in [0.2, 0.25) is 0 Å². The van der Waals surface area contributed by atoms with E-state index in [-0.39, 0.29) is 6.04 Å². The van der Waals surface area contributed by atoms with Gasteiger partial charge in [-0.3, -0.25) is 15.5 Å². The molecule has 0 bridgehead atoms. The fraction of sp³-hybridized carbons (Fsp3) is 0.417. The summed E-state index contributed by atoms with van der Waals surface area (Å²) >= 11 is 0. The van der Waals surface area contributed by atoms with Crippen LogP contribution in [0, 0.1) is 6.92 Å². The van der Waals surface area contributed by atoms with E-state index < -0.39 is 0 Å². The smallest absolute Gasteiger partial charge is 0.237 e. The fourth-order valence-corrected chi connectivity index (χ4v) is 2.05. The van der Waals surface area contributed by atoms with Crippen LogP contribution in [0.5, 0.6) is 5.88 Å². The summed E-state index contributed by atoms with van der Waals surface area (Å²) in [4.78, 5) is 8.45. The maximum Gasteiger partial charge on any atom is 0.237 e. The first-order chi connectivity index (χ1) is 9.21. The topological polar surface area (TPSA) is 90.9 Å². The zero-order valence-electron chi connectivity index (χ0n) is 11.3. The van der Waals surface area contributed by atoms with Crippen molar-refractivity contribution in [1.82, 2.24) is 25.2 Å². The Bertz CT molecular complexity index is 553. The molecule has 7 nitrogen and oxygen atoms in total. The van der Waals surface area contributed by atoms with Gasteiger partial charge in [-0.1, -0.05) is 0 Å². The Labute approximate surface area is 111 Å². The zero-order valence-corrected chi connectivity index (χ0v) is 11.3. The second kappa shape index (κ2) is 5.77. The summed E-state index contributed by atoms with van der Waals surface area (Å²) in [7, 11) is 1.56. The van der Waals surface area contributed by atoms with E-state index in [1.165, 1.54) is 0 Å². The second-order valence-corrected chi connectivity index (χ2v) is 4.08. The van der Waals surface area contributed by atoms with Crippen LogP contribution in [0.25, 0.3) is 0 Å². The van der Waals surface area contributed by atoms with Crippen molar-refractivity contribution in [2.24, 2.45) is 5.84 Å². The number of methoxy groups -OCH3 is 1. The molecular formula is C12H18N6O. The van der Waals surface area contributed by atoms with E-state index in [2.05, 4.69) is 20.5 Å². The Morgan fingerprint density at radius 2 is 2.16 bits per heavy atom. The maximum absolute atomic E-state index is 5.68. The number of rotatable bonds is 5. The van der Waals surface area contributed by atoms with Gasteiger partial charge in [-0.2, -0.15) is 5.10 Å². The van der Waals surface area contributed by atoms with Gasteiger partial charge >= 0.3 is 0 Å². The maximum atomic E-state index is 5.68. The predicted octanol–water partition coefficient (Wildman–Crippen LogP) is 0.563. The van der Waals surface area contributed by atoms with E-state index in [0.29, 0.717) is 11.6 Å². The minimum atomic E-state index is -0.315. The molecule has 2 aromatic rings. The molecule has 0 aliphatic carbocycles. The van der Waals surface area contributed by atoms with Crippen LogP contribution in [0.4, 0.5) is 0 Å². The van der Waals surface area contributed by atoms with E-state index in [4.69, 9.17) is 10.6 Å². The Morgan fingerprint density at radius 3 is 2.79 bits per heavy atom. The molecule has 102 valence electrons. The lowest BCUT2D eigenvalue weighted by molar-refractivity contribution is 0.380. The molecule has 0 aliphatic heterocycles. The monoisotopic (exact) mass is 262 g/mol. The first-order valence-corrected chi connectivity index (χ1v) is 6.06. The molecule has 1 atom stereocenters. The summed E-state index contributed by atoms with van der Waals surface area (Å²) in [5.41, 5.74) is 5.26. The normalized spacial score (nSPS) is 12.4. The largest absolute Gasteiger partial charge is 0.480 e. The van der Waals surface area contributed by atoms with Gasteiger partial charge < -0.3 is 4.74 Å². The molecule has 3 N–H and O–H groups in total. The van der Waals surface area contributed by atoms with Crippen LogP contribution in [0.1, 0.15) is 30.0 Å². The number of aryl methyl sites for hydroxylation is 2. The highest BCUT2D eigenvalue weighted by Gasteiger charge is 2.23. The molecule has 0 aliphatic rings. The lowest BCUT2D eigenvalue weighted by Gasteiger charge is -2.17. The van der Waals surface area contributed by atoms with E-state index in [0.717, 1.165) is 17.9 Å². The van der Waals surface area contributed by atoms with Gasteiger partial charge in [0.1, 0.15) is 11.7 Å². The second-order valence-electron chi connectivity index (χ2n) is 4.08. The average Bonchev–Trinajstić information content (AvgIpc) is 2.81. The Kier molecular flexibility index (Phi) is 4.08. The fourth-order valence-electron chi connectivity index (χ4n) is 2.05. The average molecular weight is 262 g/mol. The van der Waals surface area contributed by atoms with Crippen LogP contribution in [-0.2, 0) is 6.54 Å². The molecule has 0 saturated carbocycles. The number of ether oxygens (including phenoxy) is 1. The Balaban J connectivity index is 2.49. The molecule has 2 aromatic heterocycles. The van der Waals surface area contributed by atoms with Gasteiger partial charge in [-0.25, -0.2) is 10.4 Å². The Morgan fingerprint density at radius 1 is 1.42 bits per heavy atom. The minimum absolute atomic E-state index is 0.315. The number of nitrogens with one attached hydrogen (secondary N) is 1. The van der Waals surface area contributed by atoms with E-state index in [9.17, 15) is 0 Å². The van der Waals surface area contributed by atoms with Gasteiger partial charge in [0.05, 0.1) is 18.5 Å². The van der Waals surface area contributed by atoms with Gasteiger partial charge in [0.2, 0.25) is 5.88 Å². The number of nitrogens with two attached hydrogens (primary N) is 1. The van der Waals surface area contributed by atoms with Crippen molar-refractivity contribution in [1.29, 1.82) is 0 Å². The van der Waals surface area contributed by atoms with Crippen molar-refractivity contribution in [3.63, 3.8) is 0 Å². The van der Waals surface area contributed by atoms with E-state index in [1.54, 1.807) is 19.5 Å². The van der Waals surface area contributed by atoms with Crippen molar-refractivity contribution < 1.29 is 4.74 Å². The summed E-state index contributed by atoms with van der Waals surface area (Å²) in [6, 6.07) is 1.66. The molecular weight excluding hydrogens is 244 g/mol. The molecule has 0 aromatic carbocycles. The summed E-state index contributed by atoms with van der Waals surface area (Å²) < 4.78 is 7.11. The summed E-state index contributed by atoms with van der Waals surface area (Å²) in [6.07, 6.45) is 3.19. The highest BCUT2D eigenvalue weighted by molar-refractivity contribution is 5.30. The number of hydrogen-bond donors (Lipinski definition) is 2. The lowest BCUT2D eigenvalue weighted by atomic mass is 10.1. The third-order valence-corrected chi connectivity index (χ3v) is 2.85. The summed E-state index contributed by atoms with van der Waals surface area (Å²) in [5, 5.41) is 4.41. The SMILES string of the molecule is CCn1nc(C)cc1C(NN)c1nccnc1OC. The van der Waals surface area contributed by atoms with Crippen molar-refractivity contribution in [3.8, 4) is 5.88 Å². The number of nitrogens with zero attached hydrogens (tertiary/aromatic N) is 4. The van der Waals surface area contributed by atoms with Crippen molar-refractivity contribution in [3.05, 3.63) is 35.5 Å². The van der Waals surface area contributed by atoms with Crippen molar-refractivity contribution >= 4 is 0 Å². The van der Waals surface area contributed by atoms with Crippen LogP contribution >= 0.6 is 0 Å². The third kappa shape index (κ3) is 2.56. The third-order valence-electron chi connectivity index (χ3n) is 2.85. The van der Waals surface area contributed by atoms with Gasteiger partial charge in [-0.15, -0.1) is 0 Å². The zero-order chi connectivity index (χ0) is 13.8. The van der Waals surface area contributed by atoms with Crippen molar-refractivity contribution in [2.45, 2.75) is 26.4 Å². The minimum Gasteiger partial charge on any atom is -0.480 e. The highest BCUT2D eigenvalue weighted by atomic mass is 16.5. The van der Waals surface area contributed by atoms with Crippen LogP contribution in [-0.4, -0.2) is 26.9 Å². The lowest BCUT2D eigenvalue weighted by Crippen LogP contribution is -2.31. The molecule has 19 heavy (non-hydrogen) atoms. The Hall–Kier alpha value is -1.99. The quantitative estimate of drug-likeness (QED) is 0.604. The predicted molar refractivity (Wildman–Crippen MR) is 70.4 cm³/mol.